The Balaban J connectivity index is 0.000000593. The second-order valence-electron chi connectivity index (χ2n) is 5.28. The summed E-state index contributed by atoms with van der Waals surface area (Å²) in [6, 6.07) is 4.24. The van der Waals surface area contributed by atoms with Gasteiger partial charge >= 0.3 is 0 Å². The number of rotatable bonds is 3. The average molecular weight is 336 g/mol. The first-order valence-electron chi connectivity index (χ1n) is 7.40. The van der Waals surface area contributed by atoms with Crippen LogP contribution < -0.4 is 10.5 Å². The van der Waals surface area contributed by atoms with Crippen molar-refractivity contribution in [1.29, 1.82) is 0 Å². The van der Waals surface area contributed by atoms with Gasteiger partial charge in [-0.2, -0.15) is 0 Å². The van der Waals surface area contributed by atoms with Crippen molar-refractivity contribution in [1.82, 2.24) is 0 Å². The summed E-state index contributed by atoms with van der Waals surface area (Å²) in [5.74, 6) is 0.107. The number of methoxy groups -OCH3 is 1. The van der Waals surface area contributed by atoms with E-state index in [-0.39, 0.29) is 0 Å². The first kappa shape index (κ1) is 19.1. The Bertz CT molecular complexity index is 617. The molecule has 0 spiro atoms. The van der Waals surface area contributed by atoms with Gasteiger partial charge in [-0.05, 0) is 60.6 Å². The normalized spacial score (nSPS) is 15.5. The van der Waals surface area contributed by atoms with Crippen LogP contribution in [0.15, 0.2) is 23.2 Å². The van der Waals surface area contributed by atoms with Crippen molar-refractivity contribution in [3.8, 4) is 5.75 Å². The van der Waals surface area contributed by atoms with E-state index >= 15 is 0 Å². The van der Waals surface area contributed by atoms with Crippen LogP contribution in [-0.4, -0.2) is 29.9 Å². The zero-order valence-electron chi connectivity index (χ0n) is 13.8. The topological polar surface area (TPSA) is 84.9 Å². The minimum atomic E-state index is -0.833. The zero-order chi connectivity index (χ0) is 17.4. The smallest absolute Gasteiger partial charge is 0.300 e. The lowest BCUT2D eigenvalue weighted by atomic mass is 9.84. The fourth-order valence-corrected chi connectivity index (χ4v) is 2.73. The molecule has 1 aliphatic rings. The molecule has 0 heterocycles. The Hall–Kier alpha value is -1.95. The van der Waals surface area contributed by atoms with Gasteiger partial charge < -0.3 is 15.6 Å². The van der Waals surface area contributed by atoms with Crippen LogP contribution in [0.3, 0.4) is 0 Å². The monoisotopic (exact) mass is 336 g/mol. The minimum Gasteiger partial charge on any atom is -0.497 e. The zero-order valence-corrected chi connectivity index (χ0v) is 14.7. The van der Waals surface area contributed by atoms with Crippen LogP contribution in [0.5, 0.6) is 5.75 Å². The number of benzene rings is 1. The Morgan fingerprint density at radius 1 is 1.48 bits per heavy atom. The third kappa shape index (κ3) is 6.36. The number of allylic oxidation sites excluding steroid dienone is 1. The molecule has 0 saturated carbocycles. The fraction of sp³-hybridized carbons (Fsp3) is 0.412. The highest BCUT2D eigenvalue weighted by Crippen LogP contribution is 2.35. The van der Waals surface area contributed by atoms with Crippen LogP contribution in [-0.2, 0) is 11.2 Å². The van der Waals surface area contributed by atoms with E-state index in [9.17, 15) is 0 Å². The lowest BCUT2D eigenvalue weighted by Gasteiger charge is -2.22. The van der Waals surface area contributed by atoms with Crippen LogP contribution in [0.25, 0.3) is 5.57 Å². The molecule has 0 fully saturated rings. The van der Waals surface area contributed by atoms with Crippen molar-refractivity contribution in [2.24, 2.45) is 10.7 Å². The summed E-state index contributed by atoms with van der Waals surface area (Å²) in [4.78, 5) is 13.1. The summed E-state index contributed by atoms with van der Waals surface area (Å²) in [7, 11) is 1.71. The van der Waals surface area contributed by atoms with Gasteiger partial charge in [0.2, 0.25) is 0 Å². The van der Waals surface area contributed by atoms with Crippen molar-refractivity contribution >= 4 is 29.3 Å². The van der Waals surface area contributed by atoms with Gasteiger partial charge in [-0.3, -0.25) is 9.79 Å². The van der Waals surface area contributed by atoms with E-state index in [0.29, 0.717) is 11.7 Å². The number of thiol groups is 1. The Kier molecular flexibility index (Phi) is 7.68. The van der Waals surface area contributed by atoms with E-state index in [1.165, 1.54) is 28.7 Å². The Morgan fingerprint density at radius 2 is 2.13 bits per heavy atom. The van der Waals surface area contributed by atoms with Gasteiger partial charge in [0.25, 0.3) is 5.97 Å². The molecule has 1 aromatic carbocycles. The fourth-order valence-electron chi connectivity index (χ4n) is 2.65. The predicted octanol–water partition coefficient (Wildman–Crippen LogP) is 3.06. The van der Waals surface area contributed by atoms with Crippen molar-refractivity contribution in [2.45, 2.75) is 33.1 Å². The second kappa shape index (κ2) is 9.25. The van der Waals surface area contributed by atoms with Crippen molar-refractivity contribution < 1.29 is 14.6 Å². The number of amidine groups is 1. The number of nitrogens with zero attached hydrogens (tertiary/aromatic N) is 1. The molecule has 3 N–H and O–H groups in total. The lowest BCUT2D eigenvalue weighted by Crippen LogP contribution is -2.06. The molecule has 0 radical (unpaired) electrons. The maximum absolute atomic E-state index is 9.00. The molecule has 1 aliphatic carbocycles. The highest BCUT2D eigenvalue weighted by Gasteiger charge is 2.17. The molecule has 23 heavy (non-hydrogen) atoms. The van der Waals surface area contributed by atoms with Crippen molar-refractivity contribution in [3.05, 3.63) is 34.9 Å². The number of ether oxygens (including phenoxy) is 1. The van der Waals surface area contributed by atoms with E-state index in [4.69, 9.17) is 20.4 Å². The van der Waals surface area contributed by atoms with E-state index in [0.717, 1.165) is 25.5 Å². The van der Waals surface area contributed by atoms with Crippen LogP contribution in [0, 0.1) is 6.92 Å². The molecule has 0 unspecified atom stereocenters. The van der Waals surface area contributed by atoms with Crippen LogP contribution in [0.4, 0.5) is 0 Å². The molecule has 0 aliphatic heterocycles. The van der Waals surface area contributed by atoms with Crippen LogP contribution in [0.2, 0.25) is 0 Å². The van der Waals surface area contributed by atoms with Crippen molar-refractivity contribution in [3.63, 3.8) is 0 Å². The van der Waals surface area contributed by atoms with Gasteiger partial charge in [0, 0.05) is 6.92 Å². The molecule has 0 aromatic heterocycles. The maximum Gasteiger partial charge on any atom is 0.300 e. The number of carboxylic acid groups (broad SMARTS) is 1. The first-order valence-corrected chi connectivity index (χ1v) is 7.85. The van der Waals surface area contributed by atoms with Crippen LogP contribution in [0.1, 0.15) is 36.5 Å². The number of aliphatic carboxylic acids is 1. The molecular weight excluding hydrogens is 312 g/mol. The van der Waals surface area contributed by atoms with E-state index in [1.807, 2.05) is 0 Å². The standard InChI is InChI=1S/C15H20N2OS.C2H4O2/c1-10-8-13(18-2)9-12-5-3-4-11(14(10)12)6-7-17-15(16)19;1-2(3)4/h6,8-9H,3-5,7H2,1-2H3,(H3,16,17,19);1H3,(H,3,4). The number of hydrogen-bond donors (Lipinski definition) is 3. The highest BCUT2D eigenvalue weighted by molar-refractivity contribution is 7.96. The third-order valence-corrected chi connectivity index (χ3v) is 3.57. The summed E-state index contributed by atoms with van der Waals surface area (Å²) in [5, 5.41) is 7.75. The quantitative estimate of drug-likeness (QED) is 0.450. The molecule has 6 heteroatoms. The summed E-state index contributed by atoms with van der Waals surface area (Å²) < 4.78 is 5.34. The summed E-state index contributed by atoms with van der Waals surface area (Å²) in [6.07, 6.45) is 5.54. The predicted molar refractivity (Wildman–Crippen MR) is 97.4 cm³/mol. The Morgan fingerprint density at radius 3 is 2.70 bits per heavy atom. The van der Waals surface area contributed by atoms with Gasteiger partial charge in [-0.15, -0.1) is 12.6 Å². The SMILES string of the molecule is CC(=O)O.COc1cc(C)c2c(c1)CCCC2=CCN=C(N)S. The summed E-state index contributed by atoms with van der Waals surface area (Å²) in [5.41, 5.74) is 10.8. The number of carboxylic acids is 1. The summed E-state index contributed by atoms with van der Waals surface area (Å²) >= 11 is 3.98. The lowest BCUT2D eigenvalue weighted by molar-refractivity contribution is -0.134. The molecule has 1 aromatic rings. The van der Waals surface area contributed by atoms with E-state index in [1.54, 1.807) is 7.11 Å². The van der Waals surface area contributed by atoms with E-state index < -0.39 is 5.97 Å². The number of hydrogen-bond acceptors (Lipinski definition) is 3. The highest BCUT2D eigenvalue weighted by atomic mass is 32.1. The molecule has 2 rings (SSSR count). The Labute approximate surface area is 142 Å². The van der Waals surface area contributed by atoms with Gasteiger partial charge in [0.1, 0.15) is 5.75 Å². The van der Waals surface area contributed by atoms with Crippen LogP contribution >= 0.6 is 12.6 Å². The largest absolute Gasteiger partial charge is 0.497 e. The number of aliphatic imine (C=N–C) groups is 1. The second-order valence-corrected chi connectivity index (χ2v) is 5.74. The summed E-state index contributed by atoms with van der Waals surface area (Å²) in [6.45, 7) is 3.81. The molecule has 0 saturated heterocycles. The van der Waals surface area contributed by atoms with E-state index in [2.05, 4.69) is 42.8 Å². The first-order chi connectivity index (χ1) is 10.8. The molecular formula is C17H24N2O3S. The average Bonchev–Trinajstić information content (AvgIpc) is 2.46. The van der Waals surface area contributed by atoms with Crippen molar-refractivity contribution in [2.75, 3.05) is 13.7 Å². The number of nitrogens with two attached hydrogens (primary N) is 1. The molecule has 0 bridgehead atoms. The van der Waals surface area contributed by atoms with Gasteiger partial charge in [0.15, 0.2) is 5.17 Å². The molecule has 0 amide bonds. The van der Waals surface area contributed by atoms with Gasteiger partial charge in [-0.25, -0.2) is 0 Å². The molecule has 0 atom stereocenters. The minimum absolute atomic E-state index is 0.333. The molecule has 5 nitrogen and oxygen atoms in total. The molecule has 126 valence electrons. The van der Waals surface area contributed by atoms with Gasteiger partial charge in [-0.1, -0.05) is 6.08 Å². The third-order valence-electron chi connectivity index (χ3n) is 3.43. The number of fused-ring (bicyclic) bond motifs is 1. The number of carbonyl (C=O) groups is 1. The number of aryl methyl sites for hydroxylation is 2. The maximum atomic E-state index is 9.00. The van der Waals surface area contributed by atoms with Gasteiger partial charge in [0.05, 0.1) is 13.7 Å².